The van der Waals surface area contributed by atoms with Gasteiger partial charge in [0, 0.05) is 31.2 Å². The molecule has 0 aromatic carbocycles. The van der Waals surface area contributed by atoms with Gasteiger partial charge in [-0.05, 0) is 26.3 Å². The Morgan fingerprint density at radius 3 is 2.95 bits per heavy atom. The molecule has 0 aliphatic carbocycles. The SMILES string of the molecule is CCCCn1cc(C)nc1NC(C)Cn1cccn1. The highest BCUT2D eigenvalue weighted by Gasteiger charge is 2.09. The molecule has 1 atom stereocenters. The van der Waals surface area contributed by atoms with Gasteiger partial charge in [0.15, 0.2) is 0 Å². The molecule has 0 bridgehead atoms. The summed E-state index contributed by atoms with van der Waals surface area (Å²) in [7, 11) is 0. The lowest BCUT2D eigenvalue weighted by molar-refractivity contribution is 0.551. The first kappa shape index (κ1) is 13.6. The van der Waals surface area contributed by atoms with Gasteiger partial charge in [-0.1, -0.05) is 13.3 Å². The van der Waals surface area contributed by atoms with Crippen molar-refractivity contribution in [3.63, 3.8) is 0 Å². The lowest BCUT2D eigenvalue weighted by Crippen LogP contribution is -2.24. The van der Waals surface area contributed by atoms with Crippen molar-refractivity contribution in [1.29, 1.82) is 0 Å². The Kier molecular flexibility index (Phi) is 4.60. The Morgan fingerprint density at radius 1 is 1.42 bits per heavy atom. The highest BCUT2D eigenvalue weighted by atomic mass is 15.3. The maximum atomic E-state index is 4.55. The van der Waals surface area contributed by atoms with E-state index in [1.165, 1.54) is 12.8 Å². The van der Waals surface area contributed by atoms with Crippen molar-refractivity contribution in [2.75, 3.05) is 5.32 Å². The summed E-state index contributed by atoms with van der Waals surface area (Å²) in [6.45, 7) is 8.25. The number of nitrogens with zero attached hydrogens (tertiary/aromatic N) is 4. The molecule has 0 aliphatic rings. The summed E-state index contributed by atoms with van der Waals surface area (Å²) in [5.74, 6) is 0.964. The van der Waals surface area contributed by atoms with Gasteiger partial charge in [0.2, 0.25) is 5.95 Å². The molecule has 1 N–H and O–H groups in total. The van der Waals surface area contributed by atoms with Crippen LogP contribution in [0.5, 0.6) is 0 Å². The quantitative estimate of drug-likeness (QED) is 0.833. The van der Waals surface area contributed by atoms with Crippen LogP contribution in [0, 0.1) is 6.92 Å². The molecule has 2 heterocycles. The third kappa shape index (κ3) is 3.84. The van der Waals surface area contributed by atoms with Gasteiger partial charge in [-0.2, -0.15) is 5.10 Å². The van der Waals surface area contributed by atoms with E-state index in [0.717, 1.165) is 24.7 Å². The van der Waals surface area contributed by atoms with Gasteiger partial charge < -0.3 is 9.88 Å². The smallest absolute Gasteiger partial charge is 0.203 e. The van der Waals surface area contributed by atoms with E-state index in [9.17, 15) is 0 Å². The van der Waals surface area contributed by atoms with Gasteiger partial charge in [-0.25, -0.2) is 4.98 Å². The van der Waals surface area contributed by atoms with Gasteiger partial charge >= 0.3 is 0 Å². The summed E-state index contributed by atoms with van der Waals surface area (Å²) in [6, 6.07) is 2.24. The summed E-state index contributed by atoms with van der Waals surface area (Å²) < 4.78 is 4.14. The first-order valence-electron chi connectivity index (χ1n) is 6.96. The Balaban J connectivity index is 1.97. The number of nitrogens with one attached hydrogen (secondary N) is 1. The van der Waals surface area contributed by atoms with Crippen LogP contribution in [-0.2, 0) is 13.1 Å². The highest BCUT2D eigenvalue weighted by molar-refractivity contribution is 5.29. The number of unbranched alkanes of at least 4 members (excludes halogenated alkanes) is 1. The zero-order valence-electron chi connectivity index (χ0n) is 12.0. The molecule has 2 aromatic heterocycles. The maximum Gasteiger partial charge on any atom is 0.203 e. The fraction of sp³-hybridized carbons (Fsp3) is 0.571. The minimum absolute atomic E-state index is 0.294. The summed E-state index contributed by atoms with van der Waals surface area (Å²) in [5, 5.41) is 7.69. The van der Waals surface area contributed by atoms with Crippen molar-refractivity contribution < 1.29 is 0 Å². The molecular weight excluding hydrogens is 238 g/mol. The molecule has 5 nitrogen and oxygen atoms in total. The Hall–Kier alpha value is -1.78. The molecule has 0 aliphatic heterocycles. The predicted octanol–water partition coefficient (Wildman–Crippen LogP) is 2.69. The van der Waals surface area contributed by atoms with Crippen LogP contribution in [0.1, 0.15) is 32.4 Å². The Labute approximate surface area is 114 Å². The van der Waals surface area contributed by atoms with E-state index < -0.39 is 0 Å². The first-order valence-corrected chi connectivity index (χ1v) is 6.96. The summed E-state index contributed by atoms with van der Waals surface area (Å²) in [6.07, 6.45) is 8.27. The zero-order valence-corrected chi connectivity index (χ0v) is 12.0. The molecule has 104 valence electrons. The number of hydrogen-bond donors (Lipinski definition) is 1. The number of aryl methyl sites for hydroxylation is 2. The number of aromatic nitrogens is 4. The fourth-order valence-electron chi connectivity index (χ4n) is 2.12. The Bertz CT molecular complexity index is 486. The minimum Gasteiger partial charge on any atom is -0.351 e. The molecular formula is C14H23N5. The van der Waals surface area contributed by atoms with Crippen molar-refractivity contribution in [1.82, 2.24) is 19.3 Å². The lowest BCUT2D eigenvalue weighted by Gasteiger charge is -2.16. The van der Waals surface area contributed by atoms with Gasteiger partial charge in [0.05, 0.1) is 12.2 Å². The van der Waals surface area contributed by atoms with Crippen molar-refractivity contribution >= 4 is 5.95 Å². The van der Waals surface area contributed by atoms with E-state index in [-0.39, 0.29) is 0 Å². The highest BCUT2D eigenvalue weighted by Crippen LogP contribution is 2.11. The zero-order chi connectivity index (χ0) is 13.7. The number of imidazole rings is 1. The van der Waals surface area contributed by atoms with Crippen LogP contribution in [0.2, 0.25) is 0 Å². The van der Waals surface area contributed by atoms with E-state index in [0.29, 0.717) is 6.04 Å². The molecule has 2 aromatic rings. The third-order valence-electron chi connectivity index (χ3n) is 3.05. The molecule has 5 heteroatoms. The summed E-state index contributed by atoms with van der Waals surface area (Å²) in [5.41, 5.74) is 1.06. The molecule has 1 unspecified atom stereocenters. The average Bonchev–Trinajstić information content (AvgIpc) is 2.97. The van der Waals surface area contributed by atoms with Crippen LogP contribution in [-0.4, -0.2) is 25.4 Å². The molecule has 0 spiro atoms. The lowest BCUT2D eigenvalue weighted by atomic mass is 10.3. The molecule has 0 radical (unpaired) electrons. The summed E-state index contributed by atoms with van der Waals surface area (Å²) >= 11 is 0. The fourth-order valence-corrected chi connectivity index (χ4v) is 2.12. The second-order valence-corrected chi connectivity index (χ2v) is 5.03. The molecule has 0 amide bonds. The topological polar surface area (TPSA) is 47.7 Å². The second kappa shape index (κ2) is 6.41. The van der Waals surface area contributed by atoms with Gasteiger partial charge in [-0.3, -0.25) is 4.68 Å². The number of anilines is 1. The molecule has 0 saturated carbocycles. The monoisotopic (exact) mass is 261 g/mol. The molecule has 0 saturated heterocycles. The van der Waals surface area contributed by atoms with Crippen molar-refractivity contribution in [3.05, 3.63) is 30.4 Å². The molecule has 0 fully saturated rings. The van der Waals surface area contributed by atoms with Crippen LogP contribution in [0.4, 0.5) is 5.95 Å². The van der Waals surface area contributed by atoms with Crippen LogP contribution in [0.15, 0.2) is 24.7 Å². The van der Waals surface area contributed by atoms with Crippen LogP contribution in [0.25, 0.3) is 0 Å². The van der Waals surface area contributed by atoms with Crippen molar-refractivity contribution in [2.45, 2.75) is 52.7 Å². The van der Waals surface area contributed by atoms with E-state index >= 15 is 0 Å². The van der Waals surface area contributed by atoms with Crippen LogP contribution < -0.4 is 5.32 Å². The van der Waals surface area contributed by atoms with Gasteiger partial charge in [0.25, 0.3) is 0 Å². The van der Waals surface area contributed by atoms with Crippen LogP contribution in [0.3, 0.4) is 0 Å². The number of rotatable bonds is 7. The largest absolute Gasteiger partial charge is 0.351 e. The van der Waals surface area contributed by atoms with Crippen molar-refractivity contribution in [2.24, 2.45) is 0 Å². The van der Waals surface area contributed by atoms with E-state index in [1.54, 1.807) is 6.20 Å². The first-order chi connectivity index (χ1) is 9.19. The normalized spacial score (nSPS) is 12.6. The van der Waals surface area contributed by atoms with E-state index in [4.69, 9.17) is 0 Å². The maximum absolute atomic E-state index is 4.55. The summed E-state index contributed by atoms with van der Waals surface area (Å²) in [4.78, 5) is 4.55. The molecule has 2 rings (SSSR count). The third-order valence-corrected chi connectivity index (χ3v) is 3.05. The van der Waals surface area contributed by atoms with E-state index in [2.05, 4.69) is 40.0 Å². The standard InChI is InChI=1S/C14H23N5/c1-4-5-8-18-10-12(2)16-14(18)17-13(3)11-19-9-6-7-15-19/h6-7,9-10,13H,4-5,8,11H2,1-3H3,(H,16,17). The van der Waals surface area contributed by atoms with Gasteiger partial charge in [-0.15, -0.1) is 0 Å². The van der Waals surface area contributed by atoms with E-state index in [1.807, 2.05) is 23.9 Å². The second-order valence-electron chi connectivity index (χ2n) is 5.03. The predicted molar refractivity (Wildman–Crippen MR) is 77.2 cm³/mol. The van der Waals surface area contributed by atoms with Gasteiger partial charge in [0.1, 0.15) is 0 Å². The van der Waals surface area contributed by atoms with Crippen molar-refractivity contribution in [3.8, 4) is 0 Å². The molecule has 19 heavy (non-hydrogen) atoms. The van der Waals surface area contributed by atoms with Crippen LogP contribution >= 0.6 is 0 Å². The Morgan fingerprint density at radius 2 is 2.26 bits per heavy atom. The average molecular weight is 261 g/mol. The minimum atomic E-state index is 0.294. The number of hydrogen-bond acceptors (Lipinski definition) is 3.